The Labute approximate surface area is 99.1 Å². The summed E-state index contributed by atoms with van der Waals surface area (Å²) in [5.74, 6) is 0.209. The summed E-state index contributed by atoms with van der Waals surface area (Å²) in [6.07, 6.45) is 1.13. The van der Waals surface area contributed by atoms with Crippen molar-refractivity contribution in [3.8, 4) is 11.5 Å². The number of methoxy groups -OCH3 is 1. The van der Waals surface area contributed by atoms with Gasteiger partial charge in [-0.3, -0.25) is 0 Å². The molecule has 3 N–H and O–H groups in total. The van der Waals surface area contributed by atoms with Gasteiger partial charge in [-0.15, -0.1) is 0 Å². The lowest BCUT2D eigenvalue weighted by Gasteiger charge is -2.17. The van der Waals surface area contributed by atoms with Crippen LogP contribution in [0.2, 0.25) is 0 Å². The van der Waals surface area contributed by atoms with E-state index in [1.54, 1.807) is 0 Å². The van der Waals surface area contributed by atoms with Crippen molar-refractivity contribution in [2.45, 2.75) is 25.0 Å². The molecule has 0 radical (unpaired) electrons. The average Bonchev–Trinajstić information content (AvgIpc) is 3.13. The number of aliphatic hydroxyl groups excluding tert-OH is 1. The SMILES string of the molecule is COc1cc(F)cc(C(O)CN)c1OC1CC1. The molecular formula is C12H16FNO3. The van der Waals surface area contributed by atoms with Crippen molar-refractivity contribution in [3.05, 3.63) is 23.5 Å². The van der Waals surface area contributed by atoms with Crippen LogP contribution in [0.3, 0.4) is 0 Å². The Kier molecular flexibility index (Phi) is 3.49. The molecule has 5 heteroatoms. The maximum Gasteiger partial charge on any atom is 0.167 e. The van der Waals surface area contributed by atoms with Crippen LogP contribution in [0.4, 0.5) is 4.39 Å². The minimum Gasteiger partial charge on any atom is -0.493 e. The second-order valence-electron chi connectivity index (χ2n) is 4.10. The topological polar surface area (TPSA) is 64.7 Å². The molecule has 2 rings (SSSR count). The van der Waals surface area contributed by atoms with Gasteiger partial charge >= 0.3 is 0 Å². The fourth-order valence-electron chi connectivity index (χ4n) is 1.59. The van der Waals surface area contributed by atoms with Gasteiger partial charge in [-0.25, -0.2) is 4.39 Å². The highest BCUT2D eigenvalue weighted by atomic mass is 19.1. The van der Waals surface area contributed by atoms with Crippen LogP contribution in [-0.4, -0.2) is 24.9 Å². The normalized spacial score (nSPS) is 16.7. The zero-order valence-electron chi connectivity index (χ0n) is 9.65. The molecule has 0 heterocycles. The number of rotatable bonds is 5. The molecule has 1 fully saturated rings. The number of benzene rings is 1. The summed E-state index contributed by atoms with van der Waals surface area (Å²) in [4.78, 5) is 0. The number of ether oxygens (including phenoxy) is 2. The summed E-state index contributed by atoms with van der Waals surface area (Å²) < 4.78 is 24.1. The first-order chi connectivity index (χ1) is 8.15. The van der Waals surface area contributed by atoms with Gasteiger partial charge in [0, 0.05) is 18.2 Å². The van der Waals surface area contributed by atoms with Crippen LogP contribution in [0.25, 0.3) is 0 Å². The second-order valence-corrected chi connectivity index (χ2v) is 4.10. The quantitative estimate of drug-likeness (QED) is 0.817. The molecule has 1 saturated carbocycles. The number of hydrogen-bond acceptors (Lipinski definition) is 4. The van der Waals surface area contributed by atoms with Crippen molar-refractivity contribution in [3.63, 3.8) is 0 Å². The summed E-state index contributed by atoms with van der Waals surface area (Å²) in [6, 6.07) is 2.47. The molecule has 1 unspecified atom stereocenters. The Balaban J connectivity index is 2.40. The summed E-state index contributed by atoms with van der Waals surface area (Å²) in [5, 5.41) is 9.76. The molecular weight excluding hydrogens is 225 g/mol. The van der Waals surface area contributed by atoms with Gasteiger partial charge in [0.2, 0.25) is 0 Å². The predicted octanol–water partition coefficient (Wildman–Crippen LogP) is 1.37. The molecule has 0 amide bonds. The summed E-state index contributed by atoms with van der Waals surface area (Å²) in [6.45, 7) is 0.00757. The van der Waals surface area contributed by atoms with E-state index in [1.807, 2.05) is 0 Å². The van der Waals surface area contributed by atoms with Gasteiger partial charge in [-0.05, 0) is 18.9 Å². The lowest BCUT2D eigenvalue weighted by Crippen LogP contribution is -2.14. The smallest absolute Gasteiger partial charge is 0.167 e. The molecule has 0 aromatic heterocycles. The molecule has 0 bridgehead atoms. The van der Waals surface area contributed by atoms with E-state index in [0.717, 1.165) is 12.8 Å². The van der Waals surface area contributed by atoms with Crippen molar-refractivity contribution in [1.82, 2.24) is 0 Å². The van der Waals surface area contributed by atoms with Crippen molar-refractivity contribution in [2.24, 2.45) is 5.73 Å². The van der Waals surface area contributed by atoms with Gasteiger partial charge in [-0.2, -0.15) is 0 Å². The Morgan fingerprint density at radius 3 is 2.76 bits per heavy atom. The molecule has 1 aliphatic carbocycles. The molecule has 0 saturated heterocycles. The zero-order valence-corrected chi connectivity index (χ0v) is 9.65. The van der Waals surface area contributed by atoms with Crippen LogP contribution >= 0.6 is 0 Å². The fraction of sp³-hybridized carbons (Fsp3) is 0.500. The Morgan fingerprint density at radius 1 is 1.53 bits per heavy atom. The van der Waals surface area contributed by atoms with Crippen LogP contribution in [0.5, 0.6) is 11.5 Å². The summed E-state index contributed by atoms with van der Waals surface area (Å²) in [7, 11) is 1.44. The summed E-state index contributed by atoms with van der Waals surface area (Å²) in [5.41, 5.74) is 5.74. The van der Waals surface area contributed by atoms with Gasteiger partial charge in [0.15, 0.2) is 11.5 Å². The van der Waals surface area contributed by atoms with Crippen molar-refractivity contribution >= 4 is 0 Å². The molecule has 17 heavy (non-hydrogen) atoms. The van der Waals surface area contributed by atoms with Crippen LogP contribution < -0.4 is 15.2 Å². The largest absolute Gasteiger partial charge is 0.493 e. The lowest BCUT2D eigenvalue weighted by molar-refractivity contribution is 0.176. The molecule has 4 nitrogen and oxygen atoms in total. The van der Waals surface area contributed by atoms with Gasteiger partial charge in [0.05, 0.1) is 19.3 Å². The van der Waals surface area contributed by atoms with Crippen LogP contribution in [0.1, 0.15) is 24.5 Å². The number of nitrogens with two attached hydrogens (primary N) is 1. The Morgan fingerprint density at radius 2 is 2.24 bits per heavy atom. The minimum atomic E-state index is -0.951. The van der Waals surface area contributed by atoms with Gasteiger partial charge in [0.1, 0.15) is 5.82 Å². The van der Waals surface area contributed by atoms with Gasteiger partial charge in [0.25, 0.3) is 0 Å². The van der Waals surface area contributed by atoms with Gasteiger partial charge in [-0.1, -0.05) is 0 Å². The molecule has 0 aliphatic heterocycles. The van der Waals surface area contributed by atoms with E-state index in [-0.39, 0.29) is 12.6 Å². The third kappa shape index (κ3) is 2.68. The van der Waals surface area contributed by atoms with Crippen molar-refractivity contribution in [2.75, 3.05) is 13.7 Å². The first-order valence-corrected chi connectivity index (χ1v) is 5.58. The summed E-state index contributed by atoms with van der Waals surface area (Å²) >= 11 is 0. The van der Waals surface area contributed by atoms with Crippen LogP contribution in [-0.2, 0) is 0 Å². The minimum absolute atomic E-state index is 0.00757. The highest BCUT2D eigenvalue weighted by Crippen LogP contribution is 2.39. The van der Waals surface area contributed by atoms with E-state index >= 15 is 0 Å². The third-order valence-electron chi connectivity index (χ3n) is 2.66. The first kappa shape index (κ1) is 12.1. The van der Waals surface area contributed by atoms with E-state index < -0.39 is 11.9 Å². The maximum atomic E-state index is 13.4. The van der Waals surface area contributed by atoms with Gasteiger partial charge < -0.3 is 20.3 Å². The molecule has 1 atom stereocenters. The van der Waals surface area contributed by atoms with Crippen molar-refractivity contribution < 1.29 is 19.0 Å². The monoisotopic (exact) mass is 241 g/mol. The number of hydrogen-bond donors (Lipinski definition) is 2. The molecule has 1 aliphatic rings. The van der Waals surface area contributed by atoms with E-state index in [2.05, 4.69) is 0 Å². The van der Waals surface area contributed by atoms with E-state index in [9.17, 15) is 9.50 Å². The fourth-order valence-corrected chi connectivity index (χ4v) is 1.59. The van der Waals surface area contributed by atoms with Crippen LogP contribution in [0.15, 0.2) is 12.1 Å². The van der Waals surface area contributed by atoms with Crippen molar-refractivity contribution in [1.29, 1.82) is 0 Å². The predicted molar refractivity (Wildman–Crippen MR) is 60.6 cm³/mol. The molecule has 0 spiro atoms. The second kappa shape index (κ2) is 4.89. The number of aliphatic hydroxyl groups is 1. The Hall–Kier alpha value is -1.33. The van der Waals surface area contributed by atoms with E-state index in [4.69, 9.17) is 15.2 Å². The lowest BCUT2D eigenvalue weighted by atomic mass is 10.1. The first-order valence-electron chi connectivity index (χ1n) is 5.58. The average molecular weight is 241 g/mol. The Bertz CT molecular complexity index is 407. The highest BCUT2D eigenvalue weighted by molar-refractivity contribution is 5.48. The van der Waals surface area contributed by atoms with E-state index in [0.29, 0.717) is 17.1 Å². The van der Waals surface area contributed by atoms with E-state index in [1.165, 1.54) is 19.2 Å². The van der Waals surface area contributed by atoms with Crippen LogP contribution in [0, 0.1) is 5.82 Å². The zero-order chi connectivity index (χ0) is 12.4. The third-order valence-corrected chi connectivity index (χ3v) is 2.66. The number of halogens is 1. The molecule has 1 aromatic rings. The maximum absolute atomic E-state index is 13.4. The molecule has 1 aromatic carbocycles. The standard InChI is InChI=1S/C12H16FNO3/c1-16-11-5-7(13)4-9(10(15)6-14)12(11)17-8-2-3-8/h4-5,8,10,15H,2-3,6,14H2,1H3. The molecule has 94 valence electrons. The highest BCUT2D eigenvalue weighted by Gasteiger charge is 2.28.